The van der Waals surface area contributed by atoms with Gasteiger partial charge >= 0.3 is 5.97 Å². The van der Waals surface area contributed by atoms with Crippen LogP contribution in [0.15, 0.2) is 0 Å². The van der Waals surface area contributed by atoms with Crippen molar-refractivity contribution in [2.45, 2.75) is 46.1 Å². The van der Waals surface area contributed by atoms with E-state index < -0.39 is 17.9 Å². The Balaban J connectivity index is 2.16. The minimum absolute atomic E-state index is 0.161. The molecule has 2 rings (SSSR count). The van der Waals surface area contributed by atoms with Crippen LogP contribution < -0.4 is 0 Å². The zero-order valence-corrected chi connectivity index (χ0v) is 11.6. The van der Waals surface area contributed by atoms with E-state index >= 15 is 0 Å². The third-order valence-electron chi connectivity index (χ3n) is 4.87. The molecule has 1 heterocycles. The zero-order valence-electron chi connectivity index (χ0n) is 11.6. The van der Waals surface area contributed by atoms with Gasteiger partial charge in [0.1, 0.15) is 0 Å². The van der Waals surface area contributed by atoms with Crippen LogP contribution in [0.3, 0.4) is 0 Å². The molecule has 1 saturated carbocycles. The number of imide groups is 1. The van der Waals surface area contributed by atoms with E-state index in [9.17, 15) is 14.4 Å². The standard InChI is InChI=1S/C14H21NO4/c1-4-9-5-10-11(6-9)13(17)15(12(10)16)8(3)7(2)14(18)19/h7-11H,4-6H2,1-3H3,(H,18,19). The number of carbonyl (C=O) groups excluding carboxylic acids is 2. The molecule has 0 radical (unpaired) electrons. The minimum Gasteiger partial charge on any atom is -0.481 e. The number of nitrogens with zero attached hydrogens (tertiary/aromatic N) is 1. The largest absolute Gasteiger partial charge is 0.481 e. The van der Waals surface area contributed by atoms with Gasteiger partial charge < -0.3 is 5.11 Å². The van der Waals surface area contributed by atoms with Gasteiger partial charge in [0.15, 0.2) is 0 Å². The molecular weight excluding hydrogens is 246 g/mol. The number of carboxylic acid groups (broad SMARTS) is 1. The van der Waals surface area contributed by atoms with Crippen LogP contribution >= 0.6 is 0 Å². The zero-order chi connectivity index (χ0) is 14.3. The first-order valence-electron chi connectivity index (χ1n) is 6.98. The first kappa shape index (κ1) is 14.0. The molecule has 1 aliphatic carbocycles. The third kappa shape index (κ3) is 2.15. The lowest BCUT2D eigenvalue weighted by atomic mass is 10.00. The summed E-state index contributed by atoms with van der Waals surface area (Å²) in [6, 6.07) is -0.567. The van der Waals surface area contributed by atoms with Crippen LogP contribution in [0.5, 0.6) is 0 Å². The van der Waals surface area contributed by atoms with Gasteiger partial charge in [0.2, 0.25) is 11.8 Å². The highest BCUT2D eigenvalue weighted by atomic mass is 16.4. The van der Waals surface area contributed by atoms with Crippen molar-refractivity contribution in [2.24, 2.45) is 23.7 Å². The molecule has 5 nitrogen and oxygen atoms in total. The molecule has 2 amide bonds. The fourth-order valence-corrected chi connectivity index (χ4v) is 3.32. The summed E-state index contributed by atoms with van der Waals surface area (Å²) in [6.45, 7) is 5.26. The van der Waals surface area contributed by atoms with Crippen molar-refractivity contribution in [2.75, 3.05) is 0 Å². The van der Waals surface area contributed by atoms with Crippen LogP contribution in [0.25, 0.3) is 0 Å². The predicted molar refractivity (Wildman–Crippen MR) is 68.1 cm³/mol. The lowest BCUT2D eigenvalue weighted by molar-refractivity contribution is -0.149. The fourth-order valence-electron chi connectivity index (χ4n) is 3.32. The van der Waals surface area contributed by atoms with Gasteiger partial charge in [-0.15, -0.1) is 0 Å². The van der Waals surface area contributed by atoms with Crippen molar-refractivity contribution < 1.29 is 19.5 Å². The fraction of sp³-hybridized carbons (Fsp3) is 0.786. The Kier molecular flexibility index (Phi) is 3.65. The van der Waals surface area contributed by atoms with Crippen molar-refractivity contribution in [1.82, 2.24) is 4.90 Å². The average molecular weight is 267 g/mol. The van der Waals surface area contributed by atoms with E-state index in [1.54, 1.807) is 6.92 Å². The quantitative estimate of drug-likeness (QED) is 0.784. The van der Waals surface area contributed by atoms with Gasteiger partial charge in [-0.1, -0.05) is 13.3 Å². The molecule has 0 aromatic heterocycles. The maximum Gasteiger partial charge on any atom is 0.308 e. The Bertz CT molecular complexity index is 396. The van der Waals surface area contributed by atoms with E-state index in [4.69, 9.17) is 5.11 Å². The van der Waals surface area contributed by atoms with Crippen LogP contribution in [0, 0.1) is 23.7 Å². The number of amides is 2. The number of rotatable bonds is 4. The van der Waals surface area contributed by atoms with Gasteiger partial charge in [0.25, 0.3) is 0 Å². The molecule has 0 bridgehead atoms. The Morgan fingerprint density at radius 2 is 1.74 bits per heavy atom. The van der Waals surface area contributed by atoms with Crippen LogP contribution in [0.2, 0.25) is 0 Å². The maximum absolute atomic E-state index is 12.3. The van der Waals surface area contributed by atoms with Crippen LogP contribution in [0.1, 0.15) is 40.0 Å². The van der Waals surface area contributed by atoms with Crippen LogP contribution in [-0.2, 0) is 14.4 Å². The number of aliphatic carboxylic acids is 1. The Morgan fingerprint density at radius 3 is 2.11 bits per heavy atom. The summed E-state index contributed by atoms with van der Waals surface area (Å²) in [7, 11) is 0. The molecule has 4 atom stereocenters. The molecular formula is C14H21NO4. The SMILES string of the molecule is CCC1CC2C(=O)N(C(C)C(C)C(=O)O)C(=O)C2C1. The molecule has 1 aliphatic heterocycles. The van der Waals surface area contributed by atoms with E-state index in [1.165, 1.54) is 11.8 Å². The van der Waals surface area contributed by atoms with Gasteiger partial charge in [-0.25, -0.2) is 0 Å². The van der Waals surface area contributed by atoms with Gasteiger partial charge in [-0.3, -0.25) is 19.3 Å². The van der Waals surface area contributed by atoms with Gasteiger partial charge in [0.05, 0.1) is 17.8 Å². The maximum atomic E-state index is 12.3. The van der Waals surface area contributed by atoms with Crippen molar-refractivity contribution in [1.29, 1.82) is 0 Å². The van der Waals surface area contributed by atoms with E-state index in [0.29, 0.717) is 5.92 Å². The van der Waals surface area contributed by atoms with Crippen molar-refractivity contribution in [3.63, 3.8) is 0 Å². The first-order chi connectivity index (χ1) is 8.88. The molecule has 106 valence electrons. The van der Waals surface area contributed by atoms with E-state index in [0.717, 1.165) is 19.3 Å². The van der Waals surface area contributed by atoms with Gasteiger partial charge in [-0.2, -0.15) is 0 Å². The van der Waals surface area contributed by atoms with E-state index in [-0.39, 0.29) is 23.7 Å². The minimum atomic E-state index is -0.975. The average Bonchev–Trinajstić information content (AvgIpc) is 2.89. The molecule has 4 unspecified atom stereocenters. The number of likely N-dealkylation sites (tertiary alicyclic amines) is 1. The normalized spacial score (nSPS) is 33.4. The third-order valence-corrected chi connectivity index (χ3v) is 4.87. The highest BCUT2D eigenvalue weighted by molar-refractivity contribution is 6.06. The Hall–Kier alpha value is -1.39. The molecule has 2 aliphatic rings. The second-order valence-corrected chi connectivity index (χ2v) is 5.87. The van der Waals surface area contributed by atoms with Crippen molar-refractivity contribution in [3.05, 3.63) is 0 Å². The topological polar surface area (TPSA) is 74.7 Å². The molecule has 5 heteroatoms. The summed E-state index contributed by atoms with van der Waals surface area (Å²) < 4.78 is 0. The summed E-state index contributed by atoms with van der Waals surface area (Å²) >= 11 is 0. The summed E-state index contributed by atoms with van der Waals surface area (Å²) in [4.78, 5) is 36.9. The smallest absolute Gasteiger partial charge is 0.308 e. The second kappa shape index (κ2) is 4.94. The number of hydrogen-bond donors (Lipinski definition) is 1. The highest BCUT2D eigenvalue weighted by Gasteiger charge is 2.54. The van der Waals surface area contributed by atoms with E-state index in [2.05, 4.69) is 6.92 Å². The predicted octanol–water partition coefficient (Wildman–Crippen LogP) is 1.52. The molecule has 0 aromatic rings. The molecule has 2 fully saturated rings. The van der Waals surface area contributed by atoms with Crippen molar-refractivity contribution in [3.8, 4) is 0 Å². The van der Waals surface area contributed by atoms with Crippen molar-refractivity contribution >= 4 is 17.8 Å². The molecule has 0 spiro atoms. The molecule has 1 saturated heterocycles. The molecule has 19 heavy (non-hydrogen) atoms. The number of hydrogen-bond acceptors (Lipinski definition) is 3. The lowest BCUT2D eigenvalue weighted by Crippen LogP contribution is -2.45. The summed E-state index contributed by atoms with van der Waals surface area (Å²) in [6.07, 6.45) is 2.54. The summed E-state index contributed by atoms with van der Waals surface area (Å²) in [5, 5.41) is 9.02. The Labute approximate surface area is 113 Å². The molecule has 1 N–H and O–H groups in total. The number of carboxylic acids is 1. The number of fused-ring (bicyclic) bond motifs is 1. The van der Waals surface area contributed by atoms with Gasteiger partial charge in [0, 0.05) is 6.04 Å². The number of carbonyl (C=O) groups is 3. The van der Waals surface area contributed by atoms with E-state index in [1.807, 2.05) is 0 Å². The first-order valence-corrected chi connectivity index (χ1v) is 6.98. The second-order valence-electron chi connectivity index (χ2n) is 5.87. The molecule has 0 aromatic carbocycles. The summed E-state index contributed by atoms with van der Waals surface area (Å²) in [5.74, 6) is -1.98. The monoisotopic (exact) mass is 267 g/mol. The van der Waals surface area contributed by atoms with Crippen LogP contribution in [-0.4, -0.2) is 33.8 Å². The summed E-state index contributed by atoms with van der Waals surface area (Å²) in [5.41, 5.74) is 0. The Morgan fingerprint density at radius 1 is 1.26 bits per heavy atom. The van der Waals surface area contributed by atoms with Crippen LogP contribution in [0.4, 0.5) is 0 Å². The lowest BCUT2D eigenvalue weighted by Gasteiger charge is -2.27. The van der Waals surface area contributed by atoms with Gasteiger partial charge in [-0.05, 0) is 32.6 Å². The highest BCUT2D eigenvalue weighted by Crippen LogP contribution is 2.45.